The Labute approximate surface area is 115 Å². The molecule has 0 bridgehead atoms. The molecule has 6 heteroatoms. The number of aromatic nitrogens is 2. The van der Waals surface area contributed by atoms with Crippen LogP contribution in [-0.2, 0) is 19.6 Å². The maximum Gasteiger partial charge on any atom is 0.257 e. The van der Waals surface area contributed by atoms with E-state index in [1.54, 1.807) is 25.3 Å². The Kier molecular flexibility index (Phi) is 4.79. The molecule has 0 aliphatic carbocycles. The van der Waals surface area contributed by atoms with Gasteiger partial charge in [0.1, 0.15) is 12.4 Å². The Morgan fingerprint density at radius 2 is 1.90 bits per heavy atom. The molecule has 0 aliphatic heterocycles. The number of nitrogens with one attached hydrogen (secondary N) is 1. The first-order chi connectivity index (χ1) is 9.56. The van der Waals surface area contributed by atoms with Crippen molar-refractivity contribution in [3.8, 4) is 0 Å². The second kappa shape index (κ2) is 6.56. The maximum absolute atomic E-state index is 12.7. The fourth-order valence-corrected chi connectivity index (χ4v) is 1.92. The van der Waals surface area contributed by atoms with E-state index in [1.165, 1.54) is 16.8 Å². The number of alkyl halides is 2. The molecule has 0 saturated heterocycles. The van der Waals surface area contributed by atoms with Gasteiger partial charge in [-0.2, -0.15) is 5.10 Å². The lowest BCUT2D eigenvalue weighted by atomic mass is 10.2. The fourth-order valence-electron chi connectivity index (χ4n) is 1.92. The van der Waals surface area contributed by atoms with Crippen molar-refractivity contribution in [2.75, 3.05) is 0 Å². The van der Waals surface area contributed by atoms with E-state index >= 15 is 0 Å². The largest absolute Gasteiger partial charge is 0.308 e. The number of hydrogen-bond donors (Lipinski definition) is 1. The van der Waals surface area contributed by atoms with E-state index in [0.29, 0.717) is 13.1 Å². The molecule has 0 atom stereocenters. The van der Waals surface area contributed by atoms with Crippen LogP contribution in [0.5, 0.6) is 0 Å². The summed E-state index contributed by atoms with van der Waals surface area (Å²) in [5, 5.41) is 7.12. The second-order valence-corrected chi connectivity index (χ2v) is 4.56. The number of benzene rings is 1. The molecule has 1 aromatic carbocycles. The predicted octanol–water partition coefficient (Wildman–Crippen LogP) is 2.89. The molecule has 0 radical (unpaired) electrons. The van der Waals surface area contributed by atoms with Crippen LogP contribution in [-0.4, -0.2) is 16.2 Å². The summed E-state index contributed by atoms with van der Waals surface area (Å²) in [6.45, 7) is 2.50. The molecule has 3 nitrogen and oxygen atoms in total. The summed E-state index contributed by atoms with van der Waals surface area (Å²) in [6.07, 6.45) is -0.816. The van der Waals surface area contributed by atoms with Gasteiger partial charge in [0.2, 0.25) is 0 Å². The Hall–Kier alpha value is -1.82. The van der Waals surface area contributed by atoms with Crippen molar-refractivity contribution in [2.45, 2.75) is 33.0 Å². The van der Waals surface area contributed by atoms with Gasteiger partial charge < -0.3 is 5.32 Å². The Morgan fingerprint density at radius 3 is 2.55 bits per heavy atom. The van der Waals surface area contributed by atoms with Crippen molar-refractivity contribution >= 4 is 0 Å². The molecule has 108 valence electrons. The Balaban J connectivity index is 1.88. The second-order valence-electron chi connectivity index (χ2n) is 4.56. The number of halogens is 3. The topological polar surface area (TPSA) is 29.9 Å². The van der Waals surface area contributed by atoms with Crippen LogP contribution in [0.3, 0.4) is 0 Å². The molecule has 1 heterocycles. The quantitative estimate of drug-likeness (QED) is 0.883. The zero-order valence-corrected chi connectivity index (χ0v) is 11.1. The number of nitrogens with zero attached hydrogens (tertiary/aromatic N) is 2. The third-order valence-electron chi connectivity index (χ3n) is 3.07. The van der Waals surface area contributed by atoms with Crippen molar-refractivity contribution in [3.05, 3.63) is 53.1 Å². The number of rotatable bonds is 6. The molecule has 2 rings (SSSR count). The van der Waals surface area contributed by atoms with Gasteiger partial charge in [0, 0.05) is 24.3 Å². The molecule has 0 aliphatic rings. The molecule has 2 aromatic rings. The first kappa shape index (κ1) is 14.6. The summed E-state index contributed by atoms with van der Waals surface area (Å²) in [7, 11) is 0. The van der Waals surface area contributed by atoms with Crippen LogP contribution >= 0.6 is 0 Å². The summed E-state index contributed by atoms with van der Waals surface area (Å²) in [5.41, 5.74) is 2.58. The highest BCUT2D eigenvalue weighted by atomic mass is 19.3. The Bertz CT molecular complexity index is 549. The minimum absolute atomic E-state index is 0.266. The van der Waals surface area contributed by atoms with Crippen molar-refractivity contribution in [2.24, 2.45) is 0 Å². The van der Waals surface area contributed by atoms with Crippen LogP contribution in [0.25, 0.3) is 0 Å². The predicted molar refractivity (Wildman–Crippen MR) is 69.9 cm³/mol. The van der Waals surface area contributed by atoms with Gasteiger partial charge in [0.25, 0.3) is 6.43 Å². The summed E-state index contributed by atoms with van der Waals surface area (Å²) in [5.74, 6) is -0.266. The smallest absolute Gasteiger partial charge is 0.257 e. The van der Waals surface area contributed by atoms with E-state index in [0.717, 1.165) is 16.8 Å². The lowest BCUT2D eigenvalue weighted by Gasteiger charge is -2.06. The van der Waals surface area contributed by atoms with Gasteiger partial charge >= 0.3 is 0 Å². The third kappa shape index (κ3) is 3.84. The van der Waals surface area contributed by atoms with Gasteiger partial charge in [-0.25, -0.2) is 13.2 Å². The zero-order chi connectivity index (χ0) is 14.5. The molecule has 0 spiro atoms. The monoisotopic (exact) mass is 283 g/mol. The minimum Gasteiger partial charge on any atom is -0.308 e. The molecule has 1 N–H and O–H groups in total. The highest BCUT2D eigenvalue weighted by Gasteiger charge is 2.10. The maximum atomic E-state index is 12.7. The standard InChI is InChI=1S/C14H16F3N3/c1-10-12(8-19-20(10)9-14(16)17)7-18-6-11-2-4-13(15)5-3-11/h2-5,8,14,18H,6-7,9H2,1H3. The minimum atomic E-state index is -2.41. The lowest BCUT2D eigenvalue weighted by Crippen LogP contribution is -2.14. The van der Waals surface area contributed by atoms with E-state index in [1.807, 2.05) is 0 Å². The van der Waals surface area contributed by atoms with Crippen LogP contribution < -0.4 is 5.32 Å². The van der Waals surface area contributed by atoms with E-state index < -0.39 is 6.43 Å². The van der Waals surface area contributed by atoms with Crippen LogP contribution in [0.2, 0.25) is 0 Å². The highest BCUT2D eigenvalue weighted by molar-refractivity contribution is 5.18. The summed E-state index contributed by atoms with van der Waals surface area (Å²) < 4.78 is 38.7. The zero-order valence-electron chi connectivity index (χ0n) is 11.1. The van der Waals surface area contributed by atoms with Gasteiger partial charge in [0.15, 0.2) is 0 Å². The van der Waals surface area contributed by atoms with E-state index in [2.05, 4.69) is 10.4 Å². The average molecular weight is 283 g/mol. The van der Waals surface area contributed by atoms with E-state index in [9.17, 15) is 13.2 Å². The van der Waals surface area contributed by atoms with Gasteiger partial charge in [-0.15, -0.1) is 0 Å². The van der Waals surface area contributed by atoms with Gasteiger partial charge in [-0.1, -0.05) is 12.1 Å². The first-order valence-corrected chi connectivity index (χ1v) is 6.31. The van der Waals surface area contributed by atoms with Crippen LogP contribution in [0.1, 0.15) is 16.8 Å². The highest BCUT2D eigenvalue weighted by Crippen LogP contribution is 2.10. The number of hydrogen-bond acceptors (Lipinski definition) is 2. The average Bonchev–Trinajstić information content (AvgIpc) is 2.73. The van der Waals surface area contributed by atoms with Crippen LogP contribution in [0, 0.1) is 12.7 Å². The van der Waals surface area contributed by atoms with Gasteiger partial charge in [-0.3, -0.25) is 4.68 Å². The normalized spacial score (nSPS) is 11.2. The van der Waals surface area contributed by atoms with Crippen LogP contribution in [0.15, 0.2) is 30.5 Å². The molecular formula is C14H16F3N3. The molecule has 0 saturated carbocycles. The van der Waals surface area contributed by atoms with Crippen LogP contribution in [0.4, 0.5) is 13.2 Å². The van der Waals surface area contributed by atoms with Crippen molar-refractivity contribution in [1.82, 2.24) is 15.1 Å². The summed E-state index contributed by atoms with van der Waals surface area (Å²) in [4.78, 5) is 0. The van der Waals surface area contributed by atoms with E-state index in [-0.39, 0.29) is 12.4 Å². The third-order valence-corrected chi connectivity index (χ3v) is 3.07. The molecule has 1 aromatic heterocycles. The fraction of sp³-hybridized carbons (Fsp3) is 0.357. The molecule has 0 unspecified atom stereocenters. The van der Waals surface area contributed by atoms with Gasteiger partial charge in [0.05, 0.1) is 6.20 Å². The van der Waals surface area contributed by atoms with E-state index in [4.69, 9.17) is 0 Å². The first-order valence-electron chi connectivity index (χ1n) is 6.31. The molecule has 0 fully saturated rings. The SMILES string of the molecule is Cc1c(CNCc2ccc(F)cc2)cnn1CC(F)F. The molecular weight excluding hydrogens is 267 g/mol. The van der Waals surface area contributed by atoms with Crippen molar-refractivity contribution in [1.29, 1.82) is 0 Å². The summed E-state index contributed by atoms with van der Waals surface area (Å²) in [6, 6.07) is 6.22. The Morgan fingerprint density at radius 1 is 1.20 bits per heavy atom. The molecule has 20 heavy (non-hydrogen) atoms. The van der Waals surface area contributed by atoms with Crippen molar-refractivity contribution < 1.29 is 13.2 Å². The summed E-state index contributed by atoms with van der Waals surface area (Å²) >= 11 is 0. The molecule has 0 amide bonds. The lowest BCUT2D eigenvalue weighted by molar-refractivity contribution is 0.121. The van der Waals surface area contributed by atoms with Crippen molar-refractivity contribution in [3.63, 3.8) is 0 Å². The van der Waals surface area contributed by atoms with Gasteiger partial charge in [-0.05, 0) is 24.6 Å².